The van der Waals surface area contributed by atoms with Crippen LogP contribution in [0.4, 0.5) is 4.79 Å². The van der Waals surface area contributed by atoms with Gasteiger partial charge in [0.15, 0.2) is 0 Å². The number of urea groups is 1. The van der Waals surface area contributed by atoms with Gasteiger partial charge in [0.2, 0.25) is 0 Å². The first-order valence-corrected chi connectivity index (χ1v) is 9.68. The standard InChI is InChI=1S/C21H32N2O/c1-15-9-16(2)11-18(10-15)14-23-21(24)22-8-7-17-12-19-5-3-4-6-20(19)13-17/h3-6,15-18H,7-14H2,1-2H3,(H2,22,23,24). The summed E-state index contributed by atoms with van der Waals surface area (Å²) in [6.45, 7) is 6.28. The maximum Gasteiger partial charge on any atom is 0.314 e. The molecule has 1 fully saturated rings. The molecule has 24 heavy (non-hydrogen) atoms. The molecule has 0 spiro atoms. The number of rotatable bonds is 5. The Balaban J connectivity index is 1.31. The zero-order valence-corrected chi connectivity index (χ0v) is 15.2. The third kappa shape index (κ3) is 4.75. The van der Waals surface area contributed by atoms with E-state index in [1.54, 1.807) is 0 Å². The molecule has 3 heteroatoms. The predicted molar refractivity (Wildman–Crippen MR) is 99.0 cm³/mol. The molecule has 0 radical (unpaired) electrons. The first-order chi connectivity index (χ1) is 11.6. The highest BCUT2D eigenvalue weighted by Crippen LogP contribution is 2.32. The Morgan fingerprint density at radius 3 is 2.21 bits per heavy atom. The van der Waals surface area contributed by atoms with Gasteiger partial charge in [-0.15, -0.1) is 0 Å². The first-order valence-electron chi connectivity index (χ1n) is 9.68. The second kappa shape index (κ2) is 8.04. The second-order valence-corrected chi connectivity index (χ2v) is 8.25. The highest BCUT2D eigenvalue weighted by molar-refractivity contribution is 5.73. The Bertz CT molecular complexity index is 522. The largest absolute Gasteiger partial charge is 0.338 e. The Hall–Kier alpha value is -1.51. The summed E-state index contributed by atoms with van der Waals surface area (Å²) in [6, 6.07) is 8.74. The highest BCUT2D eigenvalue weighted by Gasteiger charge is 2.24. The smallest absolute Gasteiger partial charge is 0.314 e. The molecule has 2 unspecified atom stereocenters. The van der Waals surface area contributed by atoms with Crippen LogP contribution in [-0.2, 0) is 12.8 Å². The number of carbonyl (C=O) groups is 1. The van der Waals surface area contributed by atoms with Gasteiger partial charge in [-0.3, -0.25) is 0 Å². The maximum absolute atomic E-state index is 12.0. The minimum absolute atomic E-state index is 0.0105. The van der Waals surface area contributed by atoms with Crippen LogP contribution in [0.3, 0.4) is 0 Å². The van der Waals surface area contributed by atoms with Crippen molar-refractivity contribution in [2.45, 2.75) is 52.4 Å². The fraction of sp³-hybridized carbons (Fsp3) is 0.667. The maximum atomic E-state index is 12.0. The van der Waals surface area contributed by atoms with Crippen LogP contribution >= 0.6 is 0 Å². The zero-order chi connectivity index (χ0) is 16.9. The van der Waals surface area contributed by atoms with E-state index >= 15 is 0 Å². The van der Waals surface area contributed by atoms with Crippen LogP contribution in [0.2, 0.25) is 0 Å². The van der Waals surface area contributed by atoms with Crippen LogP contribution in [0.15, 0.2) is 24.3 Å². The lowest BCUT2D eigenvalue weighted by Gasteiger charge is -2.31. The lowest BCUT2D eigenvalue weighted by atomic mass is 9.77. The average Bonchev–Trinajstić information content (AvgIpc) is 2.95. The van der Waals surface area contributed by atoms with E-state index in [0.29, 0.717) is 11.8 Å². The fourth-order valence-corrected chi connectivity index (χ4v) is 4.82. The summed E-state index contributed by atoms with van der Waals surface area (Å²) < 4.78 is 0. The molecule has 2 amide bonds. The van der Waals surface area contributed by atoms with Gasteiger partial charge in [0, 0.05) is 13.1 Å². The van der Waals surface area contributed by atoms with Gasteiger partial charge < -0.3 is 10.6 Å². The summed E-state index contributed by atoms with van der Waals surface area (Å²) in [5, 5.41) is 6.13. The number of hydrogen-bond donors (Lipinski definition) is 2. The van der Waals surface area contributed by atoms with Crippen LogP contribution in [0, 0.1) is 23.7 Å². The van der Waals surface area contributed by atoms with Gasteiger partial charge in [-0.25, -0.2) is 4.79 Å². The Morgan fingerprint density at radius 2 is 1.58 bits per heavy atom. The summed E-state index contributed by atoms with van der Waals surface area (Å²) in [5.41, 5.74) is 2.99. The number of nitrogens with one attached hydrogen (secondary N) is 2. The van der Waals surface area contributed by atoms with Crippen molar-refractivity contribution in [1.29, 1.82) is 0 Å². The van der Waals surface area contributed by atoms with Crippen molar-refractivity contribution >= 4 is 6.03 Å². The molecule has 3 nitrogen and oxygen atoms in total. The molecular weight excluding hydrogens is 296 g/mol. The average molecular weight is 329 g/mol. The SMILES string of the molecule is CC1CC(C)CC(CNC(=O)NCCC2Cc3ccccc3C2)C1. The van der Waals surface area contributed by atoms with Crippen molar-refractivity contribution in [3.8, 4) is 0 Å². The molecule has 0 aliphatic heterocycles. The van der Waals surface area contributed by atoms with Crippen molar-refractivity contribution in [3.63, 3.8) is 0 Å². The van der Waals surface area contributed by atoms with Crippen molar-refractivity contribution in [2.24, 2.45) is 23.7 Å². The number of fused-ring (bicyclic) bond motifs is 1. The molecule has 0 saturated heterocycles. The van der Waals surface area contributed by atoms with E-state index in [4.69, 9.17) is 0 Å². The van der Waals surface area contributed by atoms with E-state index < -0.39 is 0 Å². The summed E-state index contributed by atoms with van der Waals surface area (Å²) in [7, 11) is 0. The normalized spacial score (nSPS) is 26.8. The van der Waals surface area contributed by atoms with Crippen molar-refractivity contribution < 1.29 is 4.79 Å². The summed E-state index contributed by atoms with van der Waals surface area (Å²) in [4.78, 5) is 12.0. The summed E-state index contributed by atoms with van der Waals surface area (Å²) in [6.07, 6.45) is 7.25. The van der Waals surface area contributed by atoms with Gasteiger partial charge in [-0.1, -0.05) is 38.1 Å². The van der Waals surface area contributed by atoms with Gasteiger partial charge in [0.05, 0.1) is 0 Å². The lowest BCUT2D eigenvalue weighted by Crippen LogP contribution is -2.40. The molecule has 0 bridgehead atoms. The van der Waals surface area contributed by atoms with Crippen LogP contribution in [0.25, 0.3) is 0 Å². The quantitative estimate of drug-likeness (QED) is 0.837. The molecule has 0 heterocycles. The van der Waals surface area contributed by atoms with Crippen molar-refractivity contribution in [3.05, 3.63) is 35.4 Å². The van der Waals surface area contributed by atoms with E-state index in [1.165, 1.54) is 30.4 Å². The van der Waals surface area contributed by atoms with Crippen LogP contribution in [0.5, 0.6) is 0 Å². The molecule has 2 aliphatic carbocycles. The Morgan fingerprint density at radius 1 is 0.958 bits per heavy atom. The van der Waals surface area contributed by atoms with Gasteiger partial charge >= 0.3 is 6.03 Å². The predicted octanol–water partition coefficient (Wildman–Crippen LogP) is 4.16. The zero-order valence-electron chi connectivity index (χ0n) is 15.2. The van der Waals surface area contributed by atoms with Crippen LogP contribution < -0.4 is 10.6 Å². The highest BCUT2D eigenvalue weighted by atomic mass is 16.2. The molecular formula is C21H32N2O. The molecule has 3 rings (SSSR count). The van der Waals surface area contributed by atoms with Gasteiger partial charge in [0.1, 0.15) is 0 Å². The molecule has 2 atom stereocenters. The third-order valence-electron chi connectivity index (χ3n) is 5.80. The fourth-order valence-electron chi connectivity index (χ4n) is 4.82. The summed E-state index contributed by atoms with van der Waals surface area (Å²) >= 11 is 0. The number of carbonyl (C=O) groups excluding carboxylic acids is 1. The van der Waals surface area contributed by atoms with E-state index in [1.807, 2.05) is 0 Å². The van der Waals surface area contributed by atoms with Crippen LogP contribution in [-0.4, -0.2) is 19.1 Å². The molecule has 1 aromatic rings. The van der Waals surface area contributed by atoms with Crippen molar-refractivity contribution in [2.75, 3.05) is 13.1 Å². The summed E-state index contributed by atoms with van der Waals surface area (Å²) in [5.74, 6) is 2.93. The molecule has 2 N–H and O–H groups in total. The molecule has 132 valence electrons. The van der Waals surface area contributed by atoms with E-state index in [2.05, 4.69) is 48.7 Å². The van der Waals surface area contributed by atoms with E-state index in [9.17, 15) is 4.79 Å². The topological polar surface area (TPSA) is 41.1 Å². The van der Waals surface area contributed by atoms with Gasteiger partial charge in [-0.05, 0) is 73.3 Å². The number of amides is 2. The minimum Gasteiger partial charge on any atom is -0.338 e. The van der Waals surface area contributed by atoms with Crippen LogP contribution in [0.1, 0.15) is 50.7 Å². The first kappa shape index (κ1) is 17.3. The Labute approximate surface area is 146 Å². The van der Waals surface area contributed by atoms with Crippen molar-refractivity contribution in [1.82, 2.24) is 10.6 Å². The second-order valence-electron chi connectivity index (χ2n) is 8.25. The van der Waals surface area contributed by atoms with Gasteiger partial charge in [-0.2, -0.15) is 0 Å². The molecule has 1 saturated carbocycles. The third-order valence-corrected chi connectivity index (χ3v) is 5.80. The minimum atomic E-state index is 0.0105. The lowest BCUT2D eigenvalue weighted by molar-refractivity contribution is 0.207. The van der Waals surface area contributed by atoms with E-state index in [0.717, 1.165) is 44.2 Å². The monoisotopic (exact) mass is 328 g/mol. The molecule has 2 aliphatic rings. The number of benzene rings is 1. The van der Waals surface area contributed by atoms with E-state index in [-0.39, 0.29) is 6.03 Å². The molecule has 0 aromatic heterocycles. The number of hydrogen-bond acceptors (Lipinski definition) is 1. The molecule has 1 aromatic carbocycles. The van der Waals surface area contributed by atoms with Gasteiger partial charge in [0.25, 0.3) is 0 Å². The Kier molecular flexibility index (Phi) is 5.80.